The molecule has 0 spiro atoms. The minimum absolute atomic E-state index is 0.0281. The van der Waals surface area contributed by atoms with Crippen LogP contribution in [0.1, 0.15) is 5.56 Å². The van der Waals surface area contributed by atoms with Crippen molar-refractivity contribution in [1.29, 1.82) is 0 Å². The summed E-state index contributed by atoms with van der Waals surface area (Å²) in [5.41, 5.74) is 0.520. The van der Waals surface area contributed by atoms with Crippen LogP contribution in [0.4, 0.5) is 5.69 Å². The van der Waals surface area contributed by atoms with Gasteiger partial charge < -0.3 is 14.8 Å². The zero-order valence-corrected chi connectivity index (χ0v) is 11.5. The molecule has 0 aliphatic heterocycles. The van der Waals surface area contributed by atoms with Crippen molar-refractivity contribution < 1.29 is 14.4 Å². The molecule has 0 aliphatic carbocycles. The number of benzene rings is 1. The number of hydrogen-bond donors (Lipinski definition) is 1. The third-order valence-corrected chi connectivity index (χ3v) is 2.80. The molecule has 1 aromatic carbocycles. The predicted molar refractivity (Wildman–Crippen MR) is 72.5 cm³/mol. The molecular formula is C12H17ClN2O4. The van der Waals surface area contributed by atoms with E-state index in [4.69, 9.17) is 21.1 Å². The molecule has 0 heterocycles. The number of rotatable bonds is 9. The first-order valence-corrected chi connectivity index (χ1v) is 6.23. The standard InChI is InChI=1S/C12H17ClN2O4/c1-18-7-8-19-6-5-14-9-10-11(13)3-2-4-12(10)15(16)17/h2-4,14H,5-9H2,1H3. The second-order valence-corrected chi connectivity index (χ2v) is 4.18. The Hall–Kier alpha value is -1.21. The molecule has 0 bridgehead atoms. The quantitative estimate of drug-likeness (QED) is 0.427. The van der Waals surface area contributed by atoms with Crippen LogP contribution in [0.2, 0.25) is 5.02 Å². The smallest absolute Gasteiger partial charge is 0.275 e. The maximum atomic E-state index is 10.9. The number of nitrogens with zero attached hydrogens (tertiary/aromatic N) is 1. The van der Waals surface area contributed by atoms with Gasteiger partial charge in [0.05, 0.1) is 35.3 Å². The van der Waals surface area contributed by atoms with Crippen LogP contribution in [0.15, 0.2) is 18.2 Å². The van der Waals surface area contributed by atoms with E-state index in [1.807, 2.05) is 0 Å². The van der Waals surface area contributed by atoms with Gasteiger partial charge in [0, 0.05) is 26.3 Å². The molecule has 19 heavy (non-hydrogen) atoms. The first-order valence-electron chi connectivity index (χ1n) is 5.86. The van der Waals surface area contributed by atoms with Crippen molar-refractivity contribution in [3.8, 4) is 0 Å². The van der Waals surface area contributed by atoms with Crippen LogP contribution in [0.5, 0.6) is 0 Å². The molecular weight excluding hydrogens is 272 g/mol. The molecule has 0 atom stereocenters. The van der Waals surface area contributed by atoms with Crippen molar-refractivity contribution in [2.24, 2.45) is 0 Å². The van der Waals surface area contributed by atoms with Crippen molar-refractivity contribution in [1.82, 2.24) is 5.32 Å². The van der Waals surface area contributed by atoms with Crippen molar-refractivity contribution >= 4 is 17.3 Å². The van der Waals surface area contributed by atoms with Crippen LogP contribution in [0.3, 0.4) is 0 Å². The Kier molecular flexibility index (Phi) is 7.35. The SMILES string of the molecule is COCCOCCNCc1c(Cl)cccc1[N+](=O)[O-]. The fraction of sp³-hybridized carbons (Fsp3) is 0.500. The molecule has 0 aliphatic rings. The summed E-state index contributed by atoms with van der Waals surface area (Å²) in [7, 11) is 1.61. The normalized spacial score (nSPS) is 10.6. The fourth-order valence-electron chi connectivity index (χ4n) is 1.50. The van der Waals surface area contributed by atoms with Gasteiger partial charge in [0.2, 0.25) is 0 Å². The summed E-state index contributed by atoms with van der Waals surface area (Å²) in [6.07, 6.45) is 0. The van der Waals surface area contributed by atoms with E-state index in [1.165, 1.54) is 6.07 Å². The molecule has 1 aromatic rings. The third kappa shape index (κ3) is 5.52. The summed E-state index contributed by atoms with van der Waals surface area (Å²) >= 11 is 5.96. The maximum Gasteiger partial charge on any atom is 0.275 e. The highest BCUT2D eigenvalue weighted by Crippen LogP contribution is 2.25. The van der Waals surface area contributed by atoms with Crippen LogP contribution in [-0.2, 0) is 16.0 Å². The Morgan fingerprint density at radius 2 is 2.16 bits per heavy atom. The summed E-state index contributed by atoms with van der Waals surface area (Å²) in [6.45, 7) is 2.53. The number of hydrogen-bond acceptors (Lipinski definition) is 5. The van der Waals surface area contributed by atoms with Gasteiger partial charge in [0.15, 0.2) is 0 Å². The highest BCUT2D eigenvalue weighted by molar-refractivity contribution is 6.31. The average Bonchev–Trinajstić information content (AvgIpc) is 2.39. The predicted octanol–water partition coefficient (Wildman–Crippen LogP) is 2.00. The van der Waals surface area contributed by atoms with E-state index >= 15 is 0 Å². The topological polar surface area (TPSA) is 73.6 Å². The molecule has 106 valence electrons. The van der Waals surface area contributed by atoms with Gasteiger partial charge in [-0.1, -0.05) is 17.7 Å². The van der Waals surface area contributed by atoms with Crippen molar-refractivity contribution in [3.05, 3.63) is 38.9 Å². The maximum absolute atomic E-state index is 10.9. The lowest BCUT2D eigenvalue weighted by atomic mass is 10.2. The van der Waals surface area contributed by atoms with Crippen molar-refractivity contribution in [2.45, 2.75) is 6.54 Å². The van der Waals surface area contributed by atoms with E-state index in [2.05, 4.69) is 5.32 Å². The highest BCUT2D eigenvalue weighted by Gasteiger charge is 2.15. The van der Waals surface area contributed by atoms with Crippen LogP contribution in [-0.4, -0.2) is 38.4 Å². The first-order chi connectivity index (χ1) is 9.16. The van der Waals surface area contributed by atoms with E-state index < -0.39 is 4.92 Å². The third-order valence-electron chi connectivity index (χ3n) is 2.45. The van der Waals surface area contributed by atoms with Gasteiger partial charge in [-0.05, 0) is 6.07 Å². The van der Waals surface area contributed by atoms with Gasteiger partial charge in [-0.2, -0.15) is 0 Å². The molecule has 0 unspecified atom stereocenters. The first kappa shape index (κ1) is 15.8. The summed E-state index contributed by atoms with van der Waals surface area (Å²) in [4.78, 5) is 10.4. The Morgan fingerprint density at radius 1 is 1.37 bits per heavy atom. The molecule has 0 saturated heterocycles. The largest absolute Gasteiger partial charge is 0.382 e. The highest BCUT2D eigenvalue weighted by atomic mass is 35.5. The lowest BCUT2D eigenvalue weighted by molar-refractivity contribution is -0.385. The van der Waals surface area contributed by atoms with E-state index in [1.54, 1.807) is 19.2 Å². The average molecular weight is 289 g/mol. The molecule has 0 amide bonds. The second-order valence-electron chi connectivity index (χ2n) is 3.78. The van der Waals surface area contributed by atoms with Crippen LogP contribution >= 0.6 is 11.6 Å². The number of nitrogens with one attached hydrogen (secondary N) is 1. The Bertz CT molecular complexity index is 415. The van der Waals surface area contributed by atoms with Crippen LogP contribution < -0.4 is 5.32 Å². The zero-order valence-electron chi connectivity index (χ0n) is 10.7. The molecule has 0 aromatic heterocycles. The van der Waals surface area contributed by atoms with Crippen LogP contribution in [0, 0.1) is 10.1 Å². The van der Waals surface area contributed by atoms with Gasteiger partial charge in [0.25, 0.3) is 5.69 Å². The zero-order chi connectivity index (χ0) is 14.1. The van der Waals surface area contributed by atoms with E-state index in [-0.39, 0.29) is 5.69 Å². The lowest BCUT2D eigenvalue weighted by Crippen LogP contribution is -2.20. The lowest BCUT2D eigenvalue weighted by Gasteiger charge is -2.08. The fourth-order valence-corrected chi connectivity index (χ4v) is 1.73. The van der Waals surface area contributed by atoms with E-state index in [0.29, 0.717) is 43.5 Å². The molecule has 0 fully saturated rings. The number of nitro groups is 1. The van der Waals surface area contributed by atoms with Crippen molar-refractivity contribution in [3.63, 3.8) is 0 Å². The molecule has 7 heteroatoms. The Morgan fingerprint density at radius 3 is 2.84 bits per heavy atom. The van der Waals surface area contributed by atoms with Crippen molar-refractivity contribution in [2.75, 3.05) is 33.5 Å². The van der Waals surface area contributed by atoms with E-state index in [0.717, 1.165) is 0 Å². The summed E-state index contributed by atoms with van der Waals surface area (Å²) in [5, 5.41) is 14.3. The van der Waals surface area contributed by atoms with Gasteiger partial charge in [-0.25, -0.2) is 0 Å². The van der Waals surface area contributed by atoms with Gasteiger partial charge in [-0.15, -0.1) is 0 Å². The van der Waals surface area contributed by atoms with Gasteiger partial charge in [-0.3, -0.25) is 10.1 Å². The Balaban J connectivity index is 2.38. The minimum atomic E-state index is -0.433. The summed E-state index contributed by atoms with van der Waals surface area (Å²) in [5.74, 6) is 0. The molecule has 1 N–H and O–H groups in total. The Labute approximate surface area is 116 Å². The van der Waals surface area contributed by atoms with Crippen LogP contribution in [0.25, 0.3) is 0 Å². The van der Waals surface area contributed by atoms with E-state index in [9.17, 15) is 10.1 Å². The summed E-state index contributed by atoms with van der Waals surface area (Å²) < 4.78 is 10.1. The van der Waals surface area contributed by atoms with Gasteiger partial charge in [0.1, 0.15) is 0 Å². The molecule has 0 saturated carbocycles. The second kappa shape index (κ2) is 8.82. The molecule has 1 rings (SSSR count). The number of nitro benzene ring substituents is 1. The van der Waals surface area contributed by atoms with Gasteiger partial charge >= 0.3 is 0 Å². The number of methoxy groups -OCH3 is 1. The summed E-state index contributed by atoms with van der Waals surface area (Å²) in [6, 6.07) is 4.65. The molecule has 6 nitrogen and oxygen atoms in total. The monoisotopic (exact) mass is 288 g/mol. The number of ether oxygens (including phenoxy) is 2. The molecule has 0 radical (unpaired) electrons. The number of halogens is 1. The minimum Gasteiger partial charge on any atom is -0.382 e.